The maximum Gasteiger partial charge on any atom is 0.323 e. The number of rotatable bonds is 4. The minimum absolute atomic E-state index is 0.139. The maximum atomic E-state index is 12.6. The van der Waals surface area contributed by atoms with Crippen LogP contribution in [-0.2, 0) is 16.0 Å². The van der Waals surface area contributed by atoms with Gasteiger partial charge < -0.3 is 9.72 Å². The number of aromatic nitrogens is 1. The summed E-state index contributed by atoms with van der Waals surface area (Å²) in [4.78, 5) is 16.3. The van der Waals surface area contributed by atoms with E-state index in [9.17, 15) is 4.79 Å². The molecule has 1 aromatic heterocycles. The van der Waals surface area contributed by atoms with E-state index in [1.807, 2.05) is 24.3 Å². The lowest BCUT2D eigenvalue weighted by Crippen LogP contribution is -2.45. The Morgan fingerprint density at radius 2 is 1.37 bits per heavy atom. The van der Waals surface area contributed by atoms with E-state index in [4.69, 9.17) is 4.74 Å². The molecular formula is C31H26N2O2. The fourth-order valence-electron chi connectivity index (χ4n) is 5.15. The van der Waals surface area contributed by atoms with Crippen LogP contribution in [0.2, 0.25) is 0 Å². The number of benzene rings is 4. The van der Waals surface area contributed by atoms with Crippen molar-refractivity contribution in [1.82, 2.24) is 10.3 Å². The van der Waals surface area contributed by atoms with Crippen LogP contribution < -0.4 is 5.32 Å². The average molecular weight is 459 g/mol. The number of H-pyrrole nitrogens is 1. The number of methoxy groups -OCH3 is 1. The lowest BCUT2D eigenvalue weighted by Gasteiger charge is -2.30. The summed E-state index contributed by atoms with van der Waals surface area (Å²) in [7, 11) is 1.45. The van der Waals surface area contributed by atoms with Gasteiger partial charge in [-0.1, -0.05) is 91.0 Å². The third kappa shape index (κ3) is 3.92. The molecule has 0 saturated heterocycles. The molecule has 2 atom stereocenters. The molecule has 1 aliphatic rings. The predicted molar refractivity (Wildman–Crippen MR) is 140 cm³/mol. The highest BCUT2D eigenvalue weighted by Gasteiger charge is 2.34. The quantitative estimate of drug-likeness (QED) is 0.312. The smallest absolute Gasteiger partial charge is 0.323 e. The van der Waals surface area contributed by atoms with E-state index in [1.165, 1.54) is 29.4 Å². The molecule has 4 heteroatoms. The number of ether oxygens (including phenoxy) is 1. The molecule has 0 spiro atoms. The summed E-state index contributed by atoms with van der Waals surface area (Å²) < 4.78 is 5.14. The lowest BCUT2D eigenvalue weighted by atomic mass is 9.89. The lowest BCUT2D eigenvalue weighted by molar-refractivity contribution is -0.143. The first kappa shape index (κ1) is 21.4. The van der Waals surface area contributed by atoms with Crippen LogP contribution in [-0.4, -0.2) is 24.1 Å². The molecule has 0 saturated carbocycles. The maximum absolute atomic E-state index is 12.6. The van der Waals surface area contributed by atoms with Crippen molar-refractivity contribution in [3.05, 3.63) is 120 Å². The molecule has 35 heavy (non-hydrogen) atoms. The van der Waals surface area contributed by atoms with Crippen molar-refractivity contribution in [2.45, 2.75) is 18.5 Å². The second-order valence-corrected chi connectivity index (χ2v) is 9.01. The summed E-state index contributed by atoms with van der Waals surface area (Å²) in [6.45, 7) is 0. The normalized spacial score (nSPS) is 17.2. The van der Waals surface area contributed by atoms with Crippen molar-refractivity contribution in [1.29, 1.82) is 0 Å². The SMILES string of the molecule is COC(=O)C1Cc2c([nH]c3ccc(-c4ccccc4)cc23)C(c2ccc(-c3ccccc3)cc2)N1. The van der Waals surface area contributed by atoms with Crippen molar-refractivity contribution in [3.8, 4) is 22.3 Å². The number of hydrogen-bond acceptors (Lipinski definition) is 3. The minimum Gasteiger partial charge on any atom is -0.468 e. The molecule has 0 fully saturated rings. The zero-order valence-corrected chi connectivity index (χ0v) is 19.5. The van der Waals surface area contributed by atoms with E-state index in [-0.39, 0.29) is 12.0 Å². The number of nitrogens with one attached hydrogen (secondary N) is 2. The monoisotopic (exact) mass is 458 g/mol. The molecule has 2 heterocycles. The summed E-state index contributed by atoms with van der Waals surface area (Å²) in [5.41, 5.74) is 9.15. The molecule has 6 rings (SSSR count). The Morgan fingerprint density at radius 1 is 0.771 bits per heavy atom. The Morgan fingerprint density at radius 3 is 2.03 bits per heavy atom. The molecule has 4 nitrogen and oxygen atoms in total. The molecule has 0 bridgehead atoms. The van der Waals surface area contributed by atoms with Gasteiger partial charge in [0.25, 0.3) is 0 Å². The van der Waals surface area contributed by atoms with Crippen LogP contribution in [0.1, 0.15) is 22.9 Å². The van der Waals surface area contributed by atoms with Gasteiger partial charge in [0.15, 0.2) is 0 Å². The first-order valence-electron chi connectivity index (χ1n) is 11.9. The van der Waals surface area contributed by atoms with E-state index in [2.05, 4.69) is 89.2 Å². The standard InChI is InChI=1S/C31H26N2O2/c1-35-31(34)28-19-26-25-18-24(21-10-6-3-7-11-21)16-17-27(25)32-30(26)29(33-28)23-14-12-22(13-15-23)20-8-4-2-5-9-20/h2-18,28-29,32-33H,19H2,1H3. The van der Waals surface area contributed by atoms with Gasteiger partial charge in [-0.15, -0.1) is 0 Å². The first-order valence-corrected chi connectivity index (χ1v) is 11.9. The van der Waals surface area contributed by atoms with Crippen LogP contribution in [0.4, 0.5) is 0 Å². The van der Waals surface area contributed by atoms with E-state index >= 15 is 0 Å². The van der Waals surface area contributed by atoms with Crippen LogP contribution in [0.25, 0.3) is 33.2 Å². The van der Waals surface area contributed by atoms with Gasteiger partial charge in [0.1, 0.15) is 6.04 Å². The van der Waals surface area contributed by atoms with Crippen molar-refractivity contribution < 1.29 is 9.53 Å². The van der Waals surface area contributed by atoms with Gasteiger partial charge in [-0.2, -0.15) is 0 Å². The van der Waals surface area contributed by atoms with E-state index in [0.29, 0.717) is 6.42 Å². The Hall–Kier alpha value is -4.15. The minimum atomic E-state index is -0.411. The van der Waals surface area contributed by atoms with Gasteiger partial charge in [-0.3, -0.25) is 10.1 Å². The highest BCUT2D eigenvalue weighted by Crippen LogP contribution is 2.37. The summed E-state index contributed by atoms with van der Waals surface area (Å²) >= 11 is 0. The molecule has 2 N–H and O–H groups in total. The second kappa shape index (κ2) is 8.90. The van der Waals surface area contributed by atoms with Crippen LogP contribution in [0, 0.1) is 0 Å². The number of fused-ring (bicyclic) bond motifs is 3. The summed E-state index contributed by atoms with van der Waals surface area (Å²) in [6, 6.07) is 35.3. The number of carbonyl (C=O) groups excluding carboxylic acids is 1. The Kier molecular flexibility index (Phi) is 5.44. The van der Waals surface area contributed by atoms with Gasteiger partial charge >= 0.3 is 5.97 Å². The molecule has 0 amide bonds. The Balaban J connectivity index is 1.44. The summed E-state index contributed by atoms with van der Waals surface area (Å²) in [6.07, 6.45) is 0.582. The summed E-state index contributed by atoms with van der Waals surface area (Å²) in [5, 5.41) is 4.69. The van der Waals surface area contributed by atoms with Gasteiger partial charge in [0.05, 0.1) is 13.2 Å². The largest absolute Gasteiger partial charge is 0.468 e. The third-order valence-corrected chi connectivity index (χ3v) is 6.95. The highest BCUT2D eigenvalue weighted by atomic mass is 16.5. The van der Waals surface area contributed by atoms with Crippen LogP contribution in [0.15, 0.2) is 103 Å². The zero-order valence-electron chi connectivity index (χ0n) is 19.5. The molecule has 172 valence electrons. The number of hydrogen-bond donors (Lipinski definition) is 2. The fraction of sp³-hybridized carbons (Fsp3) is 0.129. The van der Waals surface area contributed by atoms with Crippen molar-refractivity contribution in [2.75, 3.05) is 7.11 Å². The summed E-state index contributed by atoms with van der Waals surface area (Å²) in [5.74, 6) is -0.241. The van der Waals surface area contributed by atoms with Gasteiger partial charge in [0.2, 0.25) is 0 Å². The fourth-order valence-corrected chi connectivity index (χ4v) is 5.15. The van der Waals surface area contributed by atoms with E-state index in [0.717, 1.165) is 27.7 Å². The Bertz CT molecular complexity index is 1490. The molecular weight excluding hydrogens is 432 g/mol. The molecule has 2 unspecified atom stereocenters. The van der Waals surface area contributed by atoms with Crippen LogP contribution in [0.3, 0.4) is 0 Å². The number of carbonyl (C=O) groups is 1. The number of esters is 1. The Labute approximate surface area is 204 Å². The molecule has 0 radical (unpaired) electrons. The molecule has 4 aromatic carbocycles. The predicted octanol–water partition coefficient (Wildman–Crippen LogP) is 6.28. The average Bonchev–Trinajstić information content (AvgIpc) is 3.31. The first-order chi connectivity index (χ1) is 17.2. The number of aromatic amines is 1. The topological polar surface area (TPSA) is 54.1 Å². The third-order valence-electron chi connectivity index (χ3n) is 6.95. The van der Waals surface area contributed by atoms with Crippen molar-refractivity contribution in [3.63, 3.8) is 0 Å². The molecule has 1 aliphatic heterocycles. The zero-order chi connectivity index (χ0) is 23.8. The van der Waals surface area contributed by atoms with Crippen molar-refractivity contribution in [2.24, 2.45) is 0 Å². The van der Waals surface area contributed by atoms with Gasteiger partial charge in [-0.25, -0.2) is 0 Å². The molecule has 5 aromatic rings. The van der Waals surface area contributed by atoms with Crippen LogP contribution >= 0.6 is 0 Å². The van der Waals surface area contributed by atoms with Crippen LogP contribution in [0.5, 0.6) is 0 Å². The van der Waals surface area contributed by atoms with Gasteiger partial charge in [0, 0.05) is 23.0 Å². The van der Waals surface area contributed by atoms with Gasteiger partial charge in [-0.05, 0) is 45.5 Å². The van der Waals surface area contributed by atoms with Crippen molar-refractivity contribution >= 4 is 16.9 Å². The highest BCUT2D eigenvalue weighted by molar-refractivity contribution is 5.91. The van der Waals surface area contributed by atoms with E-state index < -0.39 is 6.04 Å². The molecule has 0 aliphatic carbocycles. The second-order valence-electron chi connectivity index (χ2n) is 9.01. The van der Waals surface area contributed by atoms with E-state index in [1.54, 1.807) is 0 Å².